The third-order valence-electron chi connectivity index (χ3n) is 5.97. The molecule has 38 heavy (non-hydrogen) atoms. The van der Waals surface area contributed by atoms with Crippen LogP contribution in [0.25, 0.3) is 0 Å². The highest BCUT2D eigenvalue weighted by molar-refractivity contribution is 6.00. The molecule has 1 aliphatic rings. The second-order valence-corrected chi connectivity index (χ2v) is 8.41. The van der Waals surface area contributed by atoms with Gasteiger partial charge in [0.15, 0.2) is 0 Å². The lowest BCUT2D eigenvalue weighted by Crippen LogP contribution is -2.35. The molecule has 2 aromatic carbocycles. The highest BCUT2D eigenvalue weighted by Gasteiger charge is 2.42. The van der Waals surface area contributed by atoms with E-state index in [1.54, 1.807) is 0 Å². The van der Waals surface area contributed by atoms with E-state index in [1.807, 2.05) is 6.07 Å². The number of nitrogen functional groups attached to an aromatic ring is 1. The zero-order chi connectivity index (χ0) is 27.7. The van der Waals surface area contributed by atoms with Gasteiger partial charge >= 0.3 is 12.4 Å². The van der Waals surface area contributed by atoms with Gasteiger partial charge < -0.3 is 5.73 Å². The van der Waals surface area contributed by atoms with E-state index in [0.717, 1.165) is 0 Å². The van der Waals surface area contributed by atoms with Crippen molar-refractivity contribution in [3.63, 3.8) is 0 Å². The molecule has 1 unspecified atom stereocenters. The fraction of sp³-hybridized carbons (Fsp3) is 0.231. The van der Waals surface area contributed by atoms with E-state index in [-0.39, 0.29) is 42.5 Å². The molecule has 194 valence electrons. The van der Waals surface area contributed by atoms with Crippen molar-refractivity contribution >= 4 is 17.4 Å². The molecule has 1 aromatic heterocycles. The molecule has 0 saturated carbocycles. The Balaban J connectivity index is 1.79. The van der Waals surface area contributed by atoms with Crippen molar-refractivity contribution in [2.75, 3.05) is 17.2 Å². The molecule has 1 atom stereocenters. The lowest BCUT2D eigenvalue weighted by Gasteiger charge is -2.26. The van der Waals surface area contributed by atoms with E-state index in [4.69, 9.17) is 5.73 Å². The number of nitrogens with zero attached hydrogens (tertiary/aromatic N) is 4. The van der Waals surface area contributed by atoms with Gasteiger partial charge in [-0.3, -0.25) is 9.69 Å². The topological polar surface area (TPSA) is 95.9 Å². The Labute approximate surface area is 212 Å². The van der Waals surface area contributed by atoms with E-state index in [1.165, 1.54) is 35.2 Å². The zero-order valence-electron chi connectivity index (χ0n) is 19.4. The van der Waals surface area contributed by atoms with Crippen molar-refractivity contribution in [1.29, 1.82) is 5.26 Å². The monoisotopic (exact) mass is 529 g/mol. The minimum absolute atomic E-state index is 0.0261. The second kappa shape index (κ2) is 10.1. The average Bonchev–Trinajstić information content (AvgIpc) is 2.99. The maximum atomic E-state index is 13.9. The minimum atomic E-state index is -5.14. The molecule has 0 bridgehead atoms. The van der Waals surface area contributed by atoms with E-state index in [2.05, 4.69) is 22.0 Å². The number of nitrogens with two attached hydrogens (primary N) is 1. The molecular weight excluding hydrogens is 512 g/mol. The van der Waals surface area contributed by atoms with Gasteiger partial charge in [0, 0.05) is 5.69 Å². The summed E-state index contributed by atoms with van der Waals surface area (Å²) in [5.41, 5.74) is 3.31. The van der Waals surface area contributed by atoms with Crippen molar-refractivity contribution in [2.24, 2.45) is 0 Å². The van der Waals surface area contributed by atoms with Crippen molar-refractivity contribution in [2.45, 2.75) is 31.1 Å². The van der Waals surface area contributed by atoms with Crippen LogP contribution in [0, 0.1) is 23.2 Å². The fourth-order valence-electron chi connectivity index (χ4n) is 4.20. The number of anilines is 2. The van der Waals surface area contributed by atoms with Crippen LogP contribution in [0.2, 0.25) is 0 Å². The summed E-state index contributed by atoms with van der Waals surface area (Å²) in [6, 6.07) is 10.7. The van der Waals surface area contributed by atoms with Gasteiger partial charge in [0.25, 0.3) is 0 Å². The molecule has 0 saturated heterocycles. The Morgan fingerprint density at radius 2 is 1.76 bits per heavy atom. The van der Waals surface area contributed by atoms with Crippen LogP contribution in [0.4, 0.5) is 37.8 Å². The van der Waals surface area contributed by atoms with Crippen LogP contribution in [0.5, 0.6) is 0 Å². The van der Waals surface area contributed by atoms with E-state index >= 15 is 0 Å². The highest BCUT2D eigenvalue weighted by Crippen LogP contribution is 2.42. The average molecular weight is 529 g/mol. The van der Waals surface area contributed by atoms with Crippen molar-refractivity contribution in [3.05, 3.63) is 82.0 Å². The van der Waals surface area contributed by atoms with Crippen LogP contribution in [0.1, 0.15) is 45.8 Å². The number of nitriles is 1. The van der Waals surface area contributed by atoms with Crippen molar-refractivity contribution < 1.29 is 31.1 Å². The quantitative estimate of drug-likeness (QED) is 0.369. The van der Waals surface area contributed by atoms with Gasteiger partial charge in [0.05, 0.1) is 35.2 Å². The third-order valence-corrected chi connectivity index (χ3v) is 5.97. The lowest BCUT2D eigenvalue weighted by molar-refractivity contribution is -0.143. The van der Waals surface area contributed by atoms with Gasteiger partial charge in [-0.2, -0.15) is 31.6 Å². The molecule has 6 nitrogen and oxygen atoms in total. The van der Waals surface area contributed by atoms with Crippen LogP contribution in [-0.4, -0.2) is 22.6 Å². The summed E-state index contributed by atoms with van der Waals surface area (Å²) in [7, 11) is 0. The van der Waals surface area contributed by atoms with Crippen LogP contribution < -0.4 is 10.6 Å². The number of aromatic nitrogens is 2. The summed E-state index contributed by atoms with van der Waals surface area (Å²) >= 11 is 0. The Morgan fingerprint density at radius 3 is 2.39 bits per heavy atom. The maximum Gasteiger partial charge on any atom is 0.416 e. The zero-order valence-corrected chi connectivity index (χ0v) is 19.4. The van der Waals surface area contributed by atoms with E-state index in [9.17, 15) is 36.4 Å². The summed E-state index contributed by atoms with van der Waals surface area (Å²) in [6.45, 7) is -0.262. The number of aryl methyl sites for hydroxylation is 1. The summed E-state index contributed by atoms with van der Waals surface area (Å²) in [6.07, 6.45) is -10.2. The SMILES string of the molecule is N#Cc1ccc2c(c1)CCC(c1ccc(C(F)(F)F)cc1C(F)(F)F)C(=O)N2CC#Cc1ccc(N)nn1. The molecule has 0 spiro atoms. The second-order valence-electron chi connectivity index (χ2n) is 8.41. The molecule has 0 aliphatic carbocycles. The van der Waals surface area contributed by atoms with E-state index < -0.39 is 40.9 Å². The minimum Gasteiger partial charge on any atom is -0.382 e. The first kappa shape index (κ1) is 26.5. The predicted octanol–water partition coefficient (Wildman–Crippen LogP) is 5.08. The van der Waals surface area contributed by atoms with Gasteiger partial charge in [0.1, 0.15) is 11.5 Å². The first-order valence-corrected chi connectivity index (χ1v) is 11.1. The number of rotatable bonds is 2. The molecule has 3 aromatic rings. The Morgan fingerprint density at radius 1 is 1.00 bits per heavy atom. The molecule has 0 fully saturated rings. The van der Waals surface area contributed by atoms with E-state index in [0.29, 0.717) is 23.4 Å². The molecule has 1 aliphatic heterocycles. The number of halogens is 6. The van der Waals surface area contributed by atoms with Crippen molar-refractivity contribution in [3.8, 4) is 17.9 Å². The lowest BCUT2D eigenvalue weighted by atomic mass is 9.87. The van der Waals surface area contributed by atoms with Gasteiger partial charge in [-0.15, -0.1) is 10.2 Å². The van der Waals surface area contributed by atoms with Gasteiger partial charge in [-0.25, -0.2) is 0 Å². The number of carbonyl (C=O) groups is 1. The van der Waals surface area contributed by atoms with Crippen LogP contribution >= 0.6 is 0 Å². The molecular formula is C26H17F6N5O. The number of amides is 1. The molecule has 12 heteroatoms. The van der Waals surface area contributed by atoms with Crippen LogP contribution in [0.15, 0.2) is 48.5 Å². The Hall–Kier alpha value is -4.58. The first-order chi connectivity index (χ1) is 17.9. The number of benzene rings is 2. The third kappa shape index (κ3) is 5.54. The number of carbonyl (C=O) groups excluding carboxylic acids is 1. The molecule has 1 amide bonds. The summed E-state index contributed by atoms with van der Waals surface area (Å²) < 4.78 is 81.3. The number of alkyl halides is 6. The van der Waals surface area contributed by atoms with Gasteiger partial charge in [-0.1, -0.05) is 12.0 Å². The largest absolute Gasteiger partial charge is 0.416 e. The van der Waals surface area contributed by atoms with Gasteiger partial charge in [0.2, 0.25) is 5.91 Å². The first-order valence-electron chi connectivity index (χ1n) is 11.1. The molecule has 0 radical (unpaired) electrons. The fourth-order valence-corrected chi connectivity index (χ4v) is 4.20. The van der Waals surface area contributed by atoms with Crippen LogP contribution in [0.3, 0.4) is 0 Å². The summed E-state index contributed by atoms with van der Waals surface area (Å²) in [5, 5.41) is 16.7. The smallest absolute Gasteiger partial charge is 0.382 e. The molecule has 2 N–H and O–H groups in total. The predicted molar refractivity (Wildman–Crippen MR) is 124 cm³/mol. The standard InChI is InChI=1S/C26H17F6N5O/c27-25(28,29)17-5-8-19(21(13-17)26(30,31)32)20-7-4-16-12-15(14-33)3-9-22(16)37(24(20)38)11-1-2-18-6-10-23(34)36-35-18/h3,5-6,8-10,12-13,20H,4,7,11H2,(H2,34,36). The normalized spacial score (nSPS) is 15.7. The van der Waals surface area contributed by atoms with Crippen LogP contribution in [-0.2, 0) is 23.6 Å². The maximum absolute atomic E-state index is 13.9. The summed E-state index contributed by atoms with van der Waals surface area (Å²) in [5.74, 6) is 3.43. The van der Waals surface area contributed by atoms with Gasteiger partial charge in [-0.05, 0) is 72.4 Å². The Kier molecular flexibility index (Phi) is 7.01. The number of hydrogen-bond donors (Lipinski definition) is 1. The number of fused-ring (bicyclic) bond motifs is 1. The molecule has 2 heterocycles. The highest BCUT2D eigenvalue weighted by atomic mass is 19.4. The Bertz CT molecular complexity index is 1480. The van der Waals surface area contributed by atoms with Crippen molar-refractivity contribution in [1.82, 2.24) is 10.2 Å². The molecule has 4 rings (SSSR count). The summed E-state index contributed by atoms with van der Waals surface area (Å²) in [4.78, 5) is 14.8. The number of hydrogen-bond acceptors (Lipinski definition) is 5.